The van der Waals surface area contributed by atoms with E-state index in [1.165, 1.54) is 0 Å². The molecule has 0 atom stereocenters. The number of furan rings is 1. The minimum absolute atomic E-state index is 0.475. The van der Waals surface area contributed by atoms with Crippen LogP contribution in [0.3, 0.4) is 0 Å². The number of aromatic nitrogens is 3. The average Bonchev–Trinajstić information content (AvgIpc) is 3.54. The summed E-state index contributed by atoms with van der Waals surface area (Å²) in [5, 5.41) is 4.18. The first kappa shape index (κ1) is 22.4. The highest BCUT2D eigenvalue weighted by atomic mass is 16.5. The molecule has 0 aliphatic carbocycles. The Morgan fingerprint density at radius 3 is 2.17 bits per heavy atom. The molecule has 40 heavy (non-hydrogen) atoms. The van der Waals surface area contributed by atoms with Crippen molar-refractivity contribution in [3.8, 4) is 28.9 Å². The molecule has 0 saturated carbocycles. The summed E-state index contributed by atoms with van der Waals surface area (Å²) in [6.45, 7) is 0. The van der Waals surface area contributed by atoms with Crippen molar-refractivity contribution in [3.63, 3.8) is 0 Å². The van der Waals surface area contributed by atoms with E-state index in [9.17, 15) is 0 Å². The van der Waals surface area contributed by atoms with E-state index in [1.807, 2.05) is 91.1 Å². The zero-order valence-corrected chi connectivity index (χ0v) is 21.2. The third-order valence-corrected chi connectivity index (χ3v) is 7.03. The molecule has 4 heterocycles. The van der Waals surface area contributed by atoms with E-state index in [-0.39, 0.29) is 0 Å². The second-order valence-electron chi connectivity index (χ2n) is 9.49. The maximum Gasteiger partial charge on any atom is 0.219 e. The van der Waals surface area contributed by atoms with Gasteiger partial charge in [0.15, 0.2) is 11.3 Å². The van der Waals surface area contributed by atoms with Crippen LogP contribution in [0.25, 0.3) is 49.6 Å². The minimum Gasteiger partial charge on any atom is -0.457 e. The molecule has 0 unspecified atom stereocenters. The van der Waals surface area contributed by atoms with Gasteiger partial charge < -0.3 is 13.9 Å². The van der Waals surface area contributed by atoms with Gasteiger partial charge in [-0.3, -0.25) is 4.57 Å². The molecule has 0 amide bonds. The number of para-hydroxylation sites is 2. The summed E-state index contributed by atoms with van der Waals surface area (Å²) < 4.78 is 21.1. The third kappa shape index (κ3) is 3.66. The fourth-order valence-electron chi connectivity index (χ4n) is 5.31. The molecule has 4 aromatic heterocycles. The van der Waals surface area contributed by atoms with E-state index in [2.05, 4.69) is 44.9 Å². The van der Waals surface area contributed by atoms with E-state index in [0.717, 1.165) is 44.0 Å². The van der Waals surface area contributed by atoms with Crippen molar-refractivity contribution in [2.45, 2.75) is 0 Å². The van der Waals surface area contributed by atoms with Gasteiger partial charge in [-0.2, -0.15) is 0 Å². The maximum atomic E-state index is 6.50. The van der Waals surface area contributed by atoms with E-state index >= 15 is 0 Å². The van der Waals surface area contributed by atoms with Crippen LogP contribution in [0.15, 0.2) is 132 Å². The molecule has 0 radical (unpaired) electrons. The van der Waals surface area contributed by atoms with Crippen LogP contribution in [-0.2, 0) is 0 Å². The maximum absolute atomic E-state index is 6.50. The topological polar surface area (TPSA) is 62.3 Å². The fourth-order valence-corrected chi connectivity index (χ4v) is 5.31. The first-order valence-corrected chi connectivity index (χ1v) is 13.0. The Labute approximate surface area is 228 Å². The number of ether oxygens (including phenoxy) is 2. The molecular weight excluding hydrogens is 498 g/mol. The van der Waals surface area contributed by atoms with Crippen molar-refractivity contribution in [1.82, 2.24) is 14.5 Å². The van der Waals surface area contributed by atoms with Crippen LogP contribution in [0.4, 0.5) is 0 Å². The monoisotopic (exact) mass is 519 g/mol. The van der Waals surface area contributed by atoms with Crippen LogP contribution in [0, 0.1) is 0 Å². The molecule has 0 fully saturated rings. The highest BCUT2D eigenvalue weighted by Crippen LogP contribution is 2.41. The standard InChI is InChI=1S/C34H21N3O3/c1-3-11-28-24(9-1)25-16-15-22(20-29(25)37(28)32-13-5-7-17-35-32)38-23-19-27-26-10-2-4-12-30(26)40-34(27)31(21-23)39-33-14-6-8-18-36-33/h1-21H. The number of nitrogens with zero attached hydrogens (tertiary/aromatic N) is 3. The molecule has 0 aliphatic rings. The van der Waals surface area contributed by atoms with E-state index in [1.54, 1.807) is 6.20 Å². The van der Waals surface area contributed by atoms with E-state index < -0.39 is 0 Å². The Kier molecular flexibility index (Phi) is 5.03. The van der Waals surface area contributed by atoms with Crippen LogP contribution in [0.1, 0.15) is 0 Å². The number of fused-ring (bicyclic) bond motifs is 6. The van der Waals surface area contributed by atoms with Gasteiger partial charge >= 0.3 is 0 Å². The lowest BCUT2D eigenvalue weighted by Gasteiger charge is -2.11. The van der Waals surface area contributed by atoms with Gasteiger partial charge in [0.25, 0.3) is 0 Å². The lowest BCUT2D eigenvalue weighted by Crippen LogP contribution is -1.96. The van der Waals surface area contributed by atoms with Crippen molar-refractivity contribution >= 4 is 43.7 Å². The van der Waals surface area contributed by atoms with Crippen LogP contribution in [0.5, 0.6) is 23.1 Å². The highest BCUT2D eigenvalue weighted by molar-refractivity contribution is 6.10. The third-order valence-electron chi connectivity index (χ3n) is 7.03. The Bertz CT molecular complexity index is 2170. The molecule has 190 valence electrons. The molecule has 6 nitrogen and oxygen atoms in total. The molecule has 4 aromatic carbocycles. The lowest BCUT2D eigenvalue weighted by atomic mass is 10.1. The molecule has 8 rings (SSSR count). The normalized spacial score (nSPS) is 11.5. The summed E-state index contributed by atoms with van der Waals surface area (Å²) in [5.41, 5.74) is 3.52. The summed E-state index contributed by atoms with van der Waals surface area (Å²) in [6, 6.07) is 37.8. The predicted octanol–water partition coefficient (Wildman–Crippen LogP) is 9.06. The number of hydrogen-bond acceptors (Lipinski definition) is 5. The second-order valence-corrected chi connectivity index (χ2v) is 9.49. The Balaban J connectivity index is 1.29. The zero-order chi connectivity index (χ0) is 26.5. The van der Waals surface area contributed by atoms with Crippen molar-refractivity contribution in [3.05, 3.63) is 128 Å². The summed E-state index contributed by atoms with van der Waals surface area (Å²) in [7, 11) is 0. The molecule has 0 spiro atoms. The largest absolute Gasteiger partial charge is 0.457 e. The van der Waals surface area contributed by atoms with Gasteiger partial charge in [0.1, 0.15) is 22.9 Å². The van der Waals surface area contributed by atoms with Crippen LogP contribution in [-0.4, -0.2) is 14.5 Å². The molecular formula is C34H21N3O3. The molecule has 8 aromatic rings. The van der Waals surface area contributed by atoms with Crippen molar-refractivity contribution in [1.29, 1.82) is 0 Å². The number of hydrogen-bond donors (Lipinski definition) is 0. The summed E-state index contributed by atoms with van der Waals surface area (Å²) in [5.74, 6) is 3.19. The Morgan fingerprint density at radius 1 is 0.550 bits per heavy atom. The van der Waals surface area contributed by atoms with Gasteiger partial charge in [-0.15, -0.1) is 0 Å². The van der Waals surface area contributed by atoms with Crippen LogP contribution < -0.4 is 9.47 Å². The van der Waals surface area contributed by atoms with Gasteiger partial charge in [-0.25, -0.2) is 9.97 Å². The smallest absolute Gasteiger partial charge is 0.219 e. The zero-order valence-electron chi connectivity index (χ0n) is 21.2. The molecule has 0 saturated heterocycles. The van der Waals surface area contributed by atoms with Gasteiger partial charge in [0.05, 0.1) is 11.0 Å². The molecule has 0 N–H and O–H groups in total. The first-order valence-electron chi connectivity index (χ1n) is 13.0. The summed E-state index contributed by atoms with van der Waals surface area (Å²) in [4.78, 5) is 8.96. The van der Waals surface area contributed by atoms with Gasteiger partial charge in [-0.1, -0.05) is 48.5 Å². The summed E-state index contributed by atoms with van der Waals surface area (Å²) >= 11 is 0. The second kappa shape index (κ2) is 8.99. The van der Waals surface area contributed by atoms with Crippen molar-refractivity contribution < 1.29 is 13.9 Å². The fraction of sp³-hybridized carbons (Fsp3) is 0. The molecule has 0 aliphatic heterocycles. The van der Waals surface area contributed by atoms with Crippen LogP contribution >= 0.6 is 0 Å². The SMILES string of the molecule is c1ccc(Oc2cc(Oc3ccc4c5ccccc5n(-c5ccccn5)c4c3)cc3c2oc2ccccc23)nc1. The van der Waals surface area contributed by atoms with E-state index in [4.69, 9.17) is 13.9 Å². The first-order chi connectivity index (χ1) is 19.8. The molecule has 0 bridgehead atoms. The lowest BCUT2D eigenvalue weighted by molar-refractivity contribution is 0.446. The highest BCUT2D eigenvalue weighted by Gasteiger charge is 2.17. The Hall–Kier alpha value is -5.62. The van der Waals surface area contributed by atoms with Gasteiger partial charge in [-0.05, 0) is 48.5 Å². The predicted molar refractivity (Wildman–Crippen MR) is 157 cm³/mol. The Morgan fingerprint density at radius 2 is 1.32 bits per heavy atom. The quantitative estimate of drug-likeness (QED) is 0.227. The van der Waals surface area contributed by atoms with Crippen LogP contribution in [0.2, 0.25) is 0 Å². The van der Waals surface area contributed by atoms with E-state index in [0.29, 0.717) is 28.7 Å². The van der Waals surface area contributed by atoms with Crippen molar-refractivity contribution in [2.75, 3.05) is 0 Å². The molecule has 6 heteroatoms. The number of rotatable bonds is 5. The number of pyridine rings is 2. The minimum atomic E-state index is 0.475. The van der Waals surface area contributed by atoms with Gasteiger partial charge in [0, 0.05) is 52.1 Å². The van der Waals surface area contributed by atoms with Gasteiger partial charge in [0.2, 0.25) is 5.88 Å². The average molecular weight is 520 g/mol. The summed E-state index contributed by atoms with van der Waals surface area (Å²) in [6.07, 6.45) is 3.51. The number of benzene rings is 4. The van der Waals surface area contributed by atoms with Crippen molar-refractivity contribution in [2.24, 2.45) is 0 Å².